The van der Waals surface area contributed by atoms with Gasteiger partial charge >= 0.3 is 0 Å². The van der Waals surface area contributed by atoms with Gasteiger partial charge in [-0.1, -0.05) is 6.07 Å². The molecular weight excluding hydrogens is 188 g/mol. The molecule has 0 unspecified atom stereocenters. The van der Waals surface area contributed by atoms with E-state index in [9.17, 15) is 0 Å². The molecule has 1 aromatic rings. The maximum Gasteiger partial charge on any atom is 0.103 e. The lowest BCUT2D eigenvalue weighted by molar-refractivity contribution is 1.27. The Bertz CT molecular complexity index is 412. The number of nitrogens with one attached hydrogen (secondary N) is 2. The summed E-state index contributed by atoms with van der Waals surface area (Å²) in [6.45, 7) is 2.52. The highest BCUT2D eigenvalue weighted by Gasteiger charge is 1.98. The maximum atomic E-state index is 8.46. The Kier molecular flexibility index (Phi) is 4.00. The molecule has 0 aromatic heterocycles. The highest BCUT2D eigenvalue weighted by atomic mass is 14.9. The Balaban J connectivity index is 2.77. The van der Waals surface area contributed by atoms with E-state index in [1.807, 2.05) is 37.3 Å². The van der Waals surface area contributed by atoms with Gasteiger partial charge in [-0.05, 0) is 24.6 Å². The molecule has 4 heteroatoms. The second kappa shape index (κ2) is 5.51. The molecule has 0 saturated heterocycles. The second-order valence-corrected chi connectivity index (χ2v) is 3.05. The summed E-state index contributed by atoms with van der Waals surface area (Å²) >= 11 is 0. The Morgan fingerprint density at radius 2 is 1.80 bits per heavy atom. The van der Waals surface area contributed by atoms with Crippen LogP contribution in [0.1, 0.15) is 5.56 Å². The van der Waals surface area contributed by atoms with Crippen molar-refractivity contribution >= 4 is 11.4 Å². The molecular formula is C11H12N4. The number of aryl methyl sites for hydroxylation is 1. The minimum Gasteiger partial charge on any atom is -0.372 e. The van der Waals surface area contributed by atoms with E-state index in [4.69, 9.17) is 10.5 Å². The van der Waals surface area contributed by atoms with Crippen LogP contribution >= 0.6 is 0 Å². The monoisotopic (exact) mass is 200 g/mol. The van der Waals surface area contributed by atoms with Gasteiger partial charge in [-0.25, -0.2) is 0 Å². The lowest BCUT2D eigenvalue weighted by Crippen LogP contribution is -2.03. The smallest absolute Gasteiger partial charge is 0.103 e. The molecule has 76 valence electrons. The predicted octanol–water partition coefficient (Wildman–Crippen LogP) is 1.87. The van der Waals surface area contributed by atoms with Gasteiger partial charge in [-0.2, -0.15) is 10.5 Å². The average Bonchev–Trinajstić information content (AvgIpc) is 2.26. The van der Waals surface area contributed by atoms with Gasteiger partial charge in [0.05, 0.1) is 12.1 Å². The molecule has 15 heavy (non-hydrogen) atoms. The van der Waals surface area contributed by atoms with Gasteiger partial charge in [0.25, 0.3) is 0 Å². The summed E-state index contributed by atoms with van der Waals surface area (Å²) < 4.78 is 0. The first-order chi connectivity index (χ1) is 7.27. The molecule has 2 N–H and O–H groups in total. The molecule has 0 saturated carbocycles. The van der Waals surface area contributed by atoms with Crippen molar-refractivity contribution in [2.24, 2.45) is 0 Å². The van der Waals surface area contributed by atoms with Crippen molar-refractivity contribution in [3.63, 3.8) is 0 Å². The molecule has 0 fully saturated rings. The second-order valence-electron chi connectivity index (χ2n) is 3.05. The molecule has 0 aliphatic carbocycles. The van der Waals surface area contributed by atoms with Crippen LogP contribution in [0, 0.1) is 29.6 Å². The van der Waals surface area contributed by atoms with Crippen LogP contribution in [-0.2, 0) is 0 Å². The van der Waals surface area contributed by atoms with Crippen LogP contribution in [0.25, 0.3) is 0 Å². The van der Waals surface area contributed by atoms with E-state index in [1.165, 1.54) is 0 Å². The molecule has 0 aliphatic rings. The van der Waals surface area contributed by atoms with E-state index in [0.717, 1.165) is 16.9 Å². The van der Waals surface area contributed by atoms with Crippen molar-refractivity contribution in [3.8, 4) is 12.1 Å². The van der Waals surface area contributed by atoms with E-state index in [2.05, 4.69) is 10.6 Å². The zero-order valence-corrected chi connectivity index (χ0v) is 8.54. The van der Waals surface area contributed by atoms with E-state index in [1.54, 1.807) is 0 Å². The van der Waals surface area contributed by atoms with Gasteiger partial charge in [0.15, 0.2) is 0 Å². The van der Waals surface area contributed by atoms with Crippen LogP contribution in [-0.4, -0.2) is 13.1 Å². The van der Waals surface area contributed by atoms with Gasteiger partial charge < -0.3 is 10.6 Å². The number of nitriles is 2. The first kappa shape index (κ1) is 10.9. The SMILES string of the molecule is Cc1ccc(NCC#N)cc1NCC#N. The largest absolute Gasteiger partial charge is 0.372 e. The topological polar surface area (TPSA) is 71.6 Å². The summed E-state index contributed by atoms with van der Waals surface area (Å²) in [5, 5.41) is 22.8. The van der Waals surface area contributed by atoms with E-state index >= 15 is 0 Å². The maximum absolute atomic E-state index is 8.46. The van der Waals surface area contributed by atoms with Gasteiger partial charge in [-0.15, -0.1) is 0 Å². The van der Waals surface area contributed by atoms with Crippen LogP contribution in [0.15, 0.2) is 18.2 Å². The highest BCUT2D eigenvalue weighted by molar-refractivity contribution is 5.61. The zero-order valence-electron chi connectivity index (χ0n) is 8.54. The lowest BCUT2D eigenvalue weighted by atomic mass is 10.2. The van der Waals surface area contributed by atoms with Crippen molar-refractivity contribution in [1.82, 2.24) is 0 Å². The molecule has 1 aromatic carbocycles. The van der Waals surface area contributed by atoms with Crippen molar-refractivity contribution in [2.45, 2.75) is 6.92 Å². The summed E-state index contributed by atoms with van der Waals surface area (Å²) in [7, 11) is 0. The summed E-state index contributed by atoms with van der Waals surface area (Å²) in [6, 6.07) is 9.78. The van der Waals surface area contributed by atoms with Crippen molar-refractivity contribution in [2.75, 3.05) is 23.7 Å². The molecule has 4 nitrogen and oxygen atoms in total. The van der Waals surface area contributed by atoms with Crippen LogP contribution in [0.2, 0.25) is 0 Å². The third-order valence-corrected chi connectivity index (χ3v) is 1.97. The summed E-state index contributed by atoms with van der Waals surface area (Å²) in [5.41, 5.74) is 2.87. The molecule has 0 atom stereocenters. The highest BCUT2D eigenvalue weighted by Crippen LogP contribution is 2.19. The Morgan fingerprint density at radius 1 is 1.13 bits per heavy atom. The van der Waals surface area contributed by atoms with Crippen molar-refractivity contribution in [1.29, 1.82) is 10.5 Å². The summed E-state index contributed by atoms with van der Waals surface area (Å²) in [6.07, 6.45) is 0. The van der Waals surface area contributed by atoms with Gasteiger partial charge in [0.1, 0.15) is 13.1 Å². The fourth-order valence-electron chi connectivity index (χ4n) is 1.20. The van der Waals surface area contributed by atoms with E-state index in [-0.39, 0.29) is 13.1 Å². The molecule has 0 radical (unpaired) electrons. The number of hydrogen-bond acceptors (Lipinski definition) is 4. The first-order valence-electron chi connectivity index (χ1n) is 4.60. The number of hydrogen-bond donors (Lipinski definition) is 2. The van der Waals surface area contributed by atoms with E-state index < -0.39 is 0 Å². The number of rotatable bonds is 4. The Morgan fingerprint density at radius 3 is 2.47 bits per heavy atom. The average molecular weight is 200 g/mol. The molecule has 0 spiro atoms. The van der Waals surface area contributed by atoms with Crippen molar-refractivity contribution < 1.29 is 0 Å². The predicted molar refractivity (Wildman–Crippen MR) is 59.4 cm³/mol. The molecule has 0 heterocycles. The lowest BCUT2D eigenvalue weighted by Gasteiger charge is -2.09. The normalized spacial score (nSPS) is 8.73. The van der Waals surface area contributed by atoms with Gasteiger partial charge in [-0.3, -0.25) is 0 Å². The van der Waals surface area contributed by atoms with E-state index in [0.29, 0.717) is 0 Å². The van der Waals surface area contributed by atoms with Gasteiger partial charge in [0.2, 0.25) is 0 Å². The number of nitrogens with zero attached hydrogens (tertiary/aromatic N) is 2. The molecule has 1 rings (SSSR count). The summed E-state index contributed by atoms with van der Waals surface area (Å²) in [5.74, 6) is 0. The number of anilines is 2. The van der Waals surface area contributed by atoms with Crippen LogP contribution in [0.5, 0.6) is 0 Å². The fraction of sp³-hybridized carbons (Fsp3) is 0.273. The van der Waals surface area contributed by atoms with Gasteiger partial charge in [0, 0.05) is 11.4 Å². The quantitative estimate of drug-likeness (QED) is 0.728. The fourth-order valence-corrected chi connectivity index (χ4v) is 1.20. The third-order valence-electron chi connectivity index (χ3n) is 1.97. The zero-order chi connectivity index (χ0) is 11.1. The third kappa shape index (κ3) is 3.21. The summed E-state index contributed by atoms with van der Waals surface area (Å²) in [4.78, 5) is 0. The minimum absolute atomic E-state index is 0.279. The van der Waals surface area contributed by atoms with Crippen LogP contribution < -0.4 is 10.6 Å². The molecule has 0 amide bonds. The van der Waals surface area contributed by atoms with Crippen LogP contribution in [0.3, 0.4) is 0 Å². The standard InChI is InChI=1S/C11H12N4/c1-9-2-3-10(14-6-4-12)8-11(9)15-7-5-13/h2-3,8,14-15H,6-7H2,1H3. The Hall–Kier alpha value is -2.20. The van der Waals surface area contributed by atoms with Crippen LogP contribution in [0.4, 0.5) is 11.4 Å². The molecule has 0 bridgehead atoms. The van der Waals surface area contributed by atoms with Crippen molar-refractivity contribution in [3.05, 3.63) is 23.8 Å². The molecule has 0 aliphatic heterocycles. The number of benzene rings is 1. The first-order valence-corrected chi connectivity index (χ1v) is 4.60. The Labute approximate surface area is 89.1 Å². The minimum atomic E-state index is 0.279.